The van der Waals surface area contributed by atoms with E-state index in [0.29, 0.717) is 0 Å². The van der Waals surface area contributed by atoms with E-state index in [9.17, 15) is 8.42 Å². The van der Waals surface area contributed by atoms with Crippen LogP contribution in [-0.2, 0) is 9.84 Å². The molecule has 1 N–H and O–H groups in total. The minimum Gasteiger partial charge on any atom is -0.315 e. The fraction of sp³-hybridized carbons (Fsp3) is 1.00. The van der Waals surface area contributed by atoms with Crippen LogP contribution in [0.5, 0.6) is 0 Å². The molecular weight excluding hydrogens is 292 g/mol. The molecule has 4 nitrogen and oxygen atoms in total. The van der Waals surface area contributed by atoms with Gasteiger partial charge < -0.3 is 5.32 Å². The van der Waals surface area contributed by atoms with Crippen molar-refractivity contribution in [2.45, 2.75) is 37.5 Å². The van der Waals surface area contributed by atoms with Crippen LogP contribution in [0.4, 0.5) is 0 Å². The topological polar surface area (TPSA) is 49.4 Å². The van der Waals surface area contributed by atoms with Crippen LogP contribution < -0.4 is 5.32 Å². The summed E-state index contributed by atoms with van der Waals surface area (Å²) < 4.78 is 23.6. The summed E-state index contributed by atoms with van der Waals surface area (Å²) in [6.45, 7) is 3.76. The third kappa shape index (κ3) is 5.20. The van der Waals surface area contributed by atoms with Crippen LogP contribution in [-0.4, -0.2) is 62.6 Å². The van der Waals surface area contributed by atoms with Crippen LogP contribution in [0.15, 0.2) is 0 Å². The lowest BCUT2D eigenvalue weighted by Crippen LogP contribution is -2.49. The van der Waals surface area contributed by atoms with Crippen molar-refractivity contribution >= 4 is 21.6 Å². The molecule has 1 saturated carbocycles. The summed E-state index contributed by atoms with van der Waals surface area (Å²) in [4.78, 5) is 2.14. The molecule has 1 atom stereocenters. The molecule has 1 unspecified atom stereocenters. The maximum absolute atomic E-state index is 11.8. The molecule has 2 fully saturated rings. The van der Waals surface area contributed by atoms with Crippen molar-refractivity contribution in [1.82, 2.24) is 10.2 Å². The maximum Gasteiger partial charge on any atom is 0.164 e. The van der Waals surface area contributed by atoms with E-state index in [-0.39, 0.29) is 5.37 Å². The first-order chi connectivity index (χ1) is 9.57. The Bertz CT molecular complexity index is 381. The second-order valence-corrected chi connectivity index (χ2v) is 9.46. The van der Waals surface area contributed by atoms with E-state index in [0.717, 1.165) is 43.6 Å². The van der Waals surface area contributed by atoms with Crippen molar-refractivity contribution in [3.05, 3.63) is 0 Å². The third-order valence-electron chi connectivity index (χ3n) is 4.42. The van der Waals surface area contributed by atoms with Gasteiger partial charge in [0.05, 0.1) is 0 Å². The highest BCUT2D eigenvalue weighted by atomic mass is 32.2. The molecule has 0 aromatic carbocycles. The van der Waals surface area contributed by atoms with Crippen LogP contribution >= 0.6 is 11.8 Å². The monoisotopic (exact) mass is 320 g/mol. The molecule has 0 radical (unpaired) electrons. The van der Waals surface area contributed by atoms with E-state index in [2.05, 4.69) is 10.2 Å². The van der Waals surface area contributed by atoms with Gasteiger partial charge in [-0.25, -0.2) is 8.42 Å². The minimum atomic E-state index is -2.96. The molecule has 0 aromatic rings. The predicted octanol–water partition coefficient (Wildman–Crippen LogP) is 1.58. The van der Waals surface area contributed by atoms with Gasteiger partial charge in [-0.05, 0) is 25.3 Å². The molecule has 0 aromatic heterocycles. The first-order valence-corrected chi connectivity index (χ1v) is 10.9. The summed E-state index contributed by atoms with van der Waals surface area (Å²) in [6.07, 6.45) is 8.25. The number of rotatable bonds is 6. The average Bonchev–Trinajstić information content (AvgIpc) is 2.44. The standard InChI is InChI=1S/C14H28N2O2S2/c1-20(17,18)14-12-19-10-9-16(14)8-7-15-11-13-5-3-2-4-6-13/h13-15H,2-12H2,1H3. The van der Waals surface area contributed by atoms with Crippen molar-refractivity contribution in [3.63, 3.8) is 0 Å². The van der Waals surface area contributed by atoms with Gasteiger partial charge in [-0.2, -0.15) is 11.8 Å². The van der Waals surface area contributed by atoms with Crippen molar-refractivity contribution < 1.29 is 8.42 Å². The van der Waals surface area contributed by atoms with E-state index in [4.69, 9.17) is 0 Å². The van der Waals surface area contributed by atoms with E-state index < -0.39 is 9.84 Å². The van der Waals surface area contributed by atoms with Gasteiger partial charge in [0.15, 0.2) is 9.84 Å². The molecule has 0 amide bonds. The summed E-state index contributed by atoms with van der Waals surface area (Å²) in [5.41, 5.74) is 0. The van der Waals surface area contributed by atoms with E-state index >= 15 is 0 Å². The van der Waals surface area contributed by atoms with Crippen LogP contribution in [0.1, 0.15) is 32.1 Å². The van der Waals surface area contributed by atoms with Crippen LogP contribution in [0.3, 0.4) is 0 Å². The predicted molar refractivity (Wildman–Crippen MR) is 87.0 cm³/mol. The van der Waals surface area contributed by atoms with Crippen LogP contribution in [0, 0.1) is 5.92 Å². The quantitative estimate of drug-likeness (QED) is 0.753. The van der Waals surface area contributed by atoms with Gasteiger partial charge in [-0.1, -0.05) is 19.3 Å². The fourth-order valence-electron chi connectivity index (χ4n) is 3.19. The zero-order valence-electron chi connectivity index (χ0n) is 12.5. The number of hydrogen-bond acceptors (Lipinski definition) is 5. The summed E-state index contributed by atoms with van der Waals surface area (Å²) in [5, 5.41) is 3.25. The third-order valence-corrected chi connectivity index (χ3v) is 7.11. The van der Waals surface area contributed by atoms with Crippen molar-refractivity contribution in [3.8, 4) is 0 Å². The highest BCUT2D eigenvalue weighted by molar-refractivity contribution is 8.00. The summed E-state index contributed by atoms with van der Waals surface area (Å²) in [5.74, 6) is 2.61. The molecule has 1 aliphatic heterocycles. The Morgan fingerprint density at radius 2 is 2.00 bits per heavy atom. The first-order valence-electron chi connectivity index (χ1n) is 7.79. The zero-order chi connectivity index (χ0) is 14.4. The van der Waals surface area contributed by atoms with Gasteiger partial charge in [0.2, 0.25) is 0 Å². The molecule has 2 rings (SSSR count). The molecular formula is C14H28N2O2S2. The highest BCUT2D eigenvalue weighted by Crippen LogP contribution is 2.23. The van der Waals surface area contributed by atoms with Crippen LogP contribution in [0.25, 0.3) is 0 Å². The number of nitrogens with one attached hydrogen (secondary N) is 1. The second kappa shape index (κ2) is 8.01. The molecule has 20 heavy (non-hydrogen) atoms. The highest BCUT2D eigenvalue weighted by Gasteiger charge is 2.30. The number of sulfone groups is 1. The molecule has 6 heteroatoms. The van der Waals surface area contributed by atoms with Crippen molar-refractivity contribution in [2.24, 2.45) is 5.92 Å². The SMILES string of the molecule is CS(=O)(=O)C1CSCCN1CCNCC1CCCCC1. The molecule has 118 valence electrons. The van der Waals surface area contributed by atoms with E-state index in [1.54, 1.807) is 11.8 Å². The first kappa shape index (κ1) is 16.6. The lowest BCUT2D eigenvalue weighted by Gasteiger charge is -2.34. The zero-order valence-corrected chi connectivity index (χ0v) is 14.1. The smallest absolute Gasteiger partial charge is 0.164 e. The Morgan fingerprint density at radius 1 is 1.25 bits per heavy atom. The Morgan fingerprint density at radius 3 is 2.70 bits per heavy atom. The Hall–Kier alpha value is 0.220. The van der Waals surface area contributed by atoms with Crippen molar-refractivity contribution in [2.75, 3.05) is 43.9 Å². The van der Waals surface area contributed by atoms with Crippen LogP contribution in [0.2, 0.25) is 0 Å². The Labute approximate surface area is 128 Å². The Kier molecular flexibility index (Phi) is 6.65. The summed E-state index contributed by atoms with van der Waals surface area (Å²) >= 11 is 1.75. The Balaban J connectivity index is 1.69. The number of thioether (sulfide) groups is 1. The minimum absolute atomic E-state index is 0.280. The largest absolute Gasteiger partial charge is 0.315 e. The molecule has 1 heterocycles. The lowest BCUT2D eigenvalue weighted by atomic mass is 9.89. The summed E-state index contributed by atoms with van der Waals surface area (Å²) in [6, 6.07) is 0. The van der Waals surface area contributed by atoms with Gasteiger partial charge in [-0.15, -0.1) is 0 Å². The van der Waals surface area contributed by atoms with Gasteiger partial charge >= 0.3 is 0 Å². The molecule has 1 aliphatic carbocycles. The van der Waals surface area contributed by atoms with Gasteiger partial charge in [-0.3, -0.25) is 4.90 Å². The molecule has 2 aliphatic rings. The van der Waals surface area contributed by atoms with E-state index in [1.165, 1.54) is 38.4 Å². The summed E-state index contributed by atoms with van der Waals surface area (Å²) in [7, 11) is -2.96. The number of hydrogen-bond donors (Lipinski definition) is 1. The maximum atomic E-state index is 11.8. The van der Waals surface area contributed by atoms with Gasteiger partial charge in [0, 0.05) is 37.4 Å². The molecule has 0 spiro atoms. The van der Waals surface area contributed by atoms with Gasteiger partial charge in [0.1, 0.15) is 5.37 Å². The van der Waals surface area contributed by atoms with Crippen molar-refractivity contribution in [1.29, 1.82) is 0 Å². The van der Waals surface area contributed by atoms with E-state index in [1.807, 2.05) is 0 Å². The molecule has 0 bridgehead atoms. The normalized spacial score (nSPS) is 26.8. The second-order valence-electron chi connectivity index (χ2n) is 6.10. The average molecular weight is 321 g/mol. The molecule has 1 saturated heterocycles. The number of nitrogens with zero attached hydrogens (tertiary/aromatic N) is 1. The van der Waals surface area contributed by atoms with Gasteiger partial charge in [0.25, 0.3) is 0 Å². The lowest BCUT2D eigenvalue weighted by molar-refractivity contribution is 0.263. The fourth-order valence-corrected chi connectivity index (χ4v) is 6.16.